The lowest BCUT2D eigenvalue weighted by Gasteiger charge is -2.14. The van der Waals surface area contributed by atoms with Crippen molar-refractivity contribution in [2.45, 2.75) is 51.1 Å². The molecule has 0 aromatic heterocycles. The summed E-state index contributed by atoms with van der Waals surface area (Å²) in [5, 5.41) is 0. The maximum absolute atomic E-state index is 5.91. The molecule has 66 valence electrons. The molecule has 1 aliphatic carbocycles. The minimum absolute atomic E-state index is 0.359. The van der Waals surface area contributed by atoms with Gasteiger partial charge in [0.2, 0.25) is 0 Å². The molecule has 0 aromatic rings. The Balaban J connectivity index is 2.39. The molecule has 1 saturated carbocycles. The fourth-order valence-electron chi connectivity index (χ4n) is 1.97. The highest BCUT2D eigenvalue weighted by atomic mass is 14.7. The predicted molar refractivity (Wildman–Crippen MR) is 48.2 cm³/mol. The van der Waals surface area contributed by atoms with E-state index in [1.165, 1.54) is 25.7 Å². The molecular formula is C9H20N2. The molecule has 0 amide bonds. The molecule has 0 saturated heterocycles. The van der Waals surface area contributed by atoms with Gasteiger partial charge in [0.25, 0.3) is 0 Å². The van der Waals surface area contributed by atoms with Crippen LogP contribution >= 0.6 is 0 Å². The zero-order chi connectivity index (χ0) is 8.27. The van der Waals surface area contributed by atoms with E-state index in [0.29, 0.717) is 12.1 Å². The maximum atomic E-state index is 5.91. The van der Waals surface area contributed by atoms with Crippen LogP contribution in [0.5, 0.6) is 0 Å². The van der Waals surface area contributed by atoms with Crippen LogP contribution in [0, 0.1) is 5.92 Å². The van der Waals surface area contributed by atoms with Gasteiger partial charge in [0.1, 0.15) is 0 Å². The highest BCUT2D eigenvalue weighted by Crippen LogP contribution is 2.23. The molecular weight excluding hydrogens is 136 g/mol. The van der Waals surface area contributed by atoms with Crippen LogP contribution in [-0.4, -0.2) is 12.1 Å². The van der Waals surface area contributed by atoms with Crippen molar-refractivity contribution in [2.75, 3.05) is 0 Å². The third kappa shape index (κ3) is 2.80. The van der Waals surface area contributed by atoms with Crippen molar-refractivity contribution in [1.29, 1.82) is 0 Å². The van der Waals surface area contributed by atoms with Gasteiger partial charge < -0.3 is 11.5 Å². The third-order valence-electron chi connectivity index (χ3n) is 2.76. The van der Waals surface area contributed by atoms with Gasteiger partial charge in [-0.25, -0.2) is 0 Å². The van der Waals surface area contributed by atoms with Crippen LogP contribution in [-0.2, 0) is 0 Å². The standard InChI is InChI=1S/C9H20N2/c1-2-7-3-4-8(10)6-9(11)5-7/h7-9H,2-6,10-11H2,1H3/t7-,8+,9+/m1/s1. The first-order valence-corrected chi connectivity index (χ1v) is 4.73. The SMILES string of the molecule is CC[C@@H]1CC[C@H](N)C[C@@H](N)C1. The highest BCUT2D eigenvalue weighted by Gasteiger charge is 2.19. The normalized spacial score (nSPS) is 40.1. The summed E-state index contributed by atoms with van der Waals surface area (Å²) in [7, 11) is 0. The van der Waals surface area contributed by atoms with E-state index in [0.717, 1.165) is 12.3 Å². The first kappa shape index (κ1) is 9.01. The topological polar surface area (TPSA) is 52.0 Å². The van der Waals surface area contributed by atoms with Crippen LogP contribution in [0.15, 0.2) is 0 Å². The van der Waals surface area contributed by atoms with Gasteiger partial charge in [-0.3, -0.25) is 0 Å². The molecule has 1 aliphatic rings. The molecule has 4 N–H and O–H groups in total. The number of hydrogen-bond donors (Lipinski definition) is 2. The Morgan fingerprint density at radius 3 is 2.45 bits per heavy atom. The third-order valence-corrected chi connectivity index (χ3v) is 2.76. The predicted octanol–water partition coefficient (Wildman–Crippen LogP) is 1.24. The van der Waals surface area contributed by atoms with E-state index in [2.05, 4.69) is 6.92 Å². The van der Waals surface area contributed by atoms with Gasteiger partial charge in [-0.15, -0.1) is 0 Å². The number of rotatable bonds is 1. The highest BCUT2D eigenvalue weighted by molar-refractivity contribution is 4.79. The van der Waals surface area contributed by atoms with E-state index < -0.39 is 0 Å². The lowest BCUT2D eigenvalue weighted by atomic mass is 9.96. The first-order chi connectivity index (χ1) is 5.22. The molecule has 0 bridgehead atoms. The van der Waals surface area contributed by atoms with Gasteiger partial charge in [0.05, 0.1) is 0 Å². The Kier molecular flexibility index (Phi) is 3.34. The molecule has 0 spiro atoms. The van der Waals surface area contributed by atoms with E-state index in [-0.39, 0.29) is 0 Å². The van der Waals surface area contributed by atoms with E-state index in [1.54, 1.807) is 0 Å². The van der Waals surface area contributed by atoms with Gasteiger partial charge in [0.15, 0.2) is 0 Å². The molecule has 0 aliphatic heterocycles. The zero-order valence-corrected chi connectivity index (χ0v) is 7.42. The summed E-state index contributed by atoms with van der Waals surface area (Å²) < 4.78 is 0. The second-order valence-electron chi connectivity index (χ2n) is 3.84. The van der Waals surface area contributed by atoms with Gasteiger partial charge in [-0.2, -0.15) is 0 Å². The second-order valence-corrected chi connectivity index (χ2v) is 3.84. The van der Waals surface area contributed by atoms with Crippen LogP contribution in [0.2, 0.25) is 0 Å². The van der Waals surface area contributed by atoms with Gasteiger partial charge >= 0.3 is 0 Å². The minimum atomic E-state index is 0.359. The average molecular weight is 156 g/mol. The summed E-state index contributed by atoms with van der Waals surface area (Å²) >= 11 is 0. The van der Waals surface area contributed by atoms with Crippen LogP contribution < -0.4 is 11.5 Å². The molecule has 0 unspecified atom stereocenters. The summed E-state index contributed by atoms with van der Waals surface area (Å²) in [5.41, 5.74) is 11.8. The van der Waals surface area contributed by atoms with Crippen molar-refractivity contribution in [3.8, 4) is 0 Å². The van der Waals surface area contributed by atoms with E-state index >= 15 is 0 Å². The Hall–Kier alpha value is -0.0800. The molecule has 2 heteroatoms. The Morgan fingerprint density at radius 1 is 1.09 bits per heavy atom. The lowest BCUT2D eigenvalue weighted by molar-refractivity contribution is 0.421. The van der Waals surface area contributed by atoms with Crippen LogP contribution in [0.4, 0.5) is 0 Å². The van der Waals surface area contributed by atoms with Crippen molar-refractivity contribution < 1.29 is 0 Å². The lowest BCUT2D eigenvalue weighted by Crippen LogP contribution is -2.29. The number of hydrogen-bond acceptors (Lipinski definition) is 2. The molecule has 1 fully saturated rings. The monoisotopic (exact) mass is 156 g/mol. The number of nitrogens with two attached hydrogens (primary N) is 2. The summed E-state index contributed by atoms with van der Waals surface area (Å²) in [4.78, 5) is 0. The Labute approximate surface area is 69.3 Å². The summed E-state index contributed by atoms with van der Waals surface area (Å²) in [5.74, 6) is 0.832. The van der Waals surface area contributed by atoms with Crippen molar-refractivity contribution >= 4 is 0 Å². The van der Waals surface area contributed by atoms with Gasteiger partial charge in [0, 0.05) is 12.1 Å². The first-order valence-electron chi connectivity index (χ1n) is 4.73. The summed E-state index contributed by atoms with van der Waals surface area (Å²) in [6.45, 7) is 2.24. The molecule has 1 rings (SSSR count). The molecule has 11 heavy (non-hydrogen) atoms. The smallest absolute Gasteiger partial charge is 0.00561 e. The quantitative estimate of drug-likeness (QED) is 0.561. The molecule has 0 radical (unpaired) electrons. The average Bonchev–Trinajstić information content (AvgIpc) is 2.11. The van der Waals surface area contributed by atoms with Crippen molar-refractivity contribution in [3.63, 3.8) is 0 Å². The van der Waals surface area contributed by atoms with E-state index in [9.17, 15) is 0 Å². The van der Waals surface area contributed by atoms with Crippen molar-refractivity contribution in [3.05, 3.63) is 0 Å². The van der Waals surface area contributed by atoms with E-state index in [1.807, 2.05) is 0 Å². The molecule has 2 nitrogen and oxygen atoms in total. The zero-order valence-electron chi connectivity index (χ0n) is 7.42. The fourth-order valence-corrected chi connectivity index (χ4v) is 1.97. The van der Waals surface area contributed by atoms with E-state index in [4.69, 9.17) is 11.5 Å². The van der Waals surface area contributed by atoms with Crippen molar-refractivity contribution in [2.24, 2.45) is 17.4 Å². The summed E-state index contributed by atoms with van der Waals surface area (Å²) in [6.07, 6.45) is 5.93. The Morgan fingerprint density at radius 2 is 1.82 bits per heavy atom. The minimum Gasteiger partial charge on any atom is -0.328 e. The second kappa shape index (κ2) is 4.07. The Bertz CT molecular complexity index is 114. The van der Waals surface area contributed by atoms with Crippen LogP contribution in [0.3, 0.4) is 0 Å². The van der Waals surface area contributed by atoms with Crippen molar-refractivity contribution in [1.82, 2.24) is 0 Å². The summed E-state index contributed by atoms with van der Waals surface area (Å²) in [6, 6.07) is 0.721. The maximum Gasteiger partial charge on any atom is 0.00561 e. The largest absolute Gasteiger partial charge is 0.328 e. The van der Waals surface area contributed by atoms with Crippen LogP contribution in [0.1, 0.15) is 39.0 Å². The fraction of sp³-hybridized carbons (Fsp3) is 1.00. The van der Waals surface area contributed by atoms with Gasteiger partial charge in [-0.1, -0.05) is 13.3 Å². The molecule has 0 heterocycles. The van der Waals surface area contributed by atoms with Crippen LogP contribution in [0.25, 0.3) is 0 Å². The molecule has 3 atom stereocenters. The van der Waals surface area contributed by atoms with Gasteiger partial charge in [-0.05, 0) is 31.6 Å². The molecule has 0 aromatic carbocycles.